The number of piperidine rings is 1. The van der Waals surface area contributed by atoms with Crippen molar-refractivity contribution < 1.29 is 4.79 Å². The quantitative estimate of drug-likeness (QED) is 0.804. The van der Waals surface area contributed by atoms with Gasteiger partial charge < -0.3 is 10.2 Å². The maximum atomic E-state index is 13.2. The Hall–Kier alpha value is -0.280. The van der Waals surface area contributed by atoms with Gasteiger partial charge in [-0.25, -0.2) is 0 Å². The van der Waals surface area contributed by atoms with Crippen LogP contribution in [0, 0.1) is 35.5 Å². The van der Waals surface area contributed by atoms with Gasteiger partial charge >= 0.3 is 0 Å². The van der Waals surface area contributed by atoms with Crippen LogP contribution < -0.4 is 5.32 Å². The third-order valence-corrected chi connectivity index (χ3v) is 7.48. The molecular formula is C18H29ClN2O. The fourth-order valence-corrected chi connectivity index (χ4v) is 6.79. The van der Waals surface area contributed by atoms with E-state index in [9.17, 15) is 4.79 Å². The van der Waals surface area contributed by atoms with Gasteiger partial charge in [0.2, 0.25) is 5.91 Å². The van der Waals surface area contributed by atoms with E-state index in [1.54, 1.807) is 0 Å². The molecule has 4 saturated carbocycles. The summed E-state index contributed by atoms with van der Waals surface area (Å²) in [7, 11) is 0. The van der Waals surface area contributed by atoms with Crippen molar-refractivity contribution in [2.75, 3.05) is 19.6 Å². The molecule has 6 aliphatic rings. The van der Waals surface area contributed by atoms with E-state index in [-0.39, 0.29) is 12.4 Å². The number of fused-ring (bicyclic) bond motifs is 1. The molecule has 2 unspecified atom stereocenters. The Balaban J connectivity index is 0.00000125. The lowest BCUT2D eigenvalue weighted by Gasteiger charge is -2.54. The molecule has 4 aliphatic carbocycles. The van der Waals surface area contributed by atoms with Crippen molar-refractivity contribution in [1.29, 1.82) is 0 Å². The molecule has 1 N–H and O–H groups in total. The normalized spacial score (nSPS) is 48.9. The van der Waals surface area contributed by atoms with Crippen molar-refractivity contribution in [2.24, 2.45) is 35.5 Å². The monoisotopic (exact) mass is 324 g/mol. The van der Waals surface area contributed by atoms with Gasteiger partial charge in [-0.1, -0.05) is 0 Å². The zero-order valence-corrected chi connectivity index (χ0v) is 14.2. The smallest absolute Gasteiger partial charge is 0.226 e. The minimum Gasteiger partial charge on any atom is -0.342 e. The summed E-state index contributed by atoms with van der Waals surface area (Å²) in [4.78, 5) is 15.4. The number of amides is 1. The molecule has 0 aromatic rings. The van der Waals surface area contributed by atoms with Gasteiger partial charge in [-0.3, -0.25) is 4.79 Å². The number of hydrogen-bond donors (Lipinski definition) is 1. The fraction of sp³-hybridized carbons (Fsp3) is 0.944. The van der Waals surface area contributed by atoms with Crippen LogP contribution in [0.4, 0.5) is 0 Å². The van der Waals surface area contributed by atoms with Gasteiger partial charge in [0.1, 0.15) is 0 Å². The van der Waals surface area contributed by atoms with Gasteiger partial charge in [-0.05, 0) is 81.1 Å². The maximum Gasteiger partial charge on any atom is 0.226 e. The molecular weight excluding hydrogens is 296 g/mol. The van der Waals surface area contributed by atoms with Gasteiger partial charge in [0, 0.05) is 25.0 Å². The number of hydrogen-bond acceptors (Lipinski definition) is 2. The third-order valence-electron chi connectivity index (χ3n) is 7.48. The summed E-state index contributed by atoms with van der Waals surface area (Å²) in [6.07, 6.45) is 9.40. The molecule has 0 aromatic heterocycles. The molecule has 6 fully saturated rings. The Morgan fingerprint density at radius 1 is 0.909 bits per heavy atom. The van der Waals surface area contributed by atoms with Crippen LogP contribution in [0.15, 0.2) is 0 Å². The van der Waals surface area contributed by atoms with Crippen molar-refractivity contribution in [2.45, 2.75) is 51.0 Å². The minimum atomic E-state index is 0. The van der Waals surface area contributed by atoms with E-state index < -0.39 is 0 Å². The SMILES string of the molecule is Cl.O=C(C1C2CC3CC(C2)CC1C3)N1CCC2NCCC2C1. The molecule has 3 nitrogen and oxygen atoms in total. The lowest BCUT2D eigenvalue weighted by molar-refractivity contribution is -0.151. The van der Waals surface area contributed by atoms with E-state index in [0.717, 1.165) is 49.2 Å². The molecule has 2 atom stereocenters. The van der Waals surface area contributed by atoms with Crippen LogP contribution in [-0.4, -0.2) is 36.5 Å². The fourth-order valence-electron chi connectivity index (χ4n) is 6.79. The van der Waals surface area contributed by atoms with Crippen molar-refractivity contribution >= 4 is 18.3 Å². The topological polar surface area (TPSA) is 32.3 Å². The first-order valence-corrected chi connectivity index (χ1v) is 9.30. The van der Waals surface area contributed by atoms with Gasteiger partial charge in [0.15, 0.2) is 0 Å². The third kappa shape index (κ3) is 2.31. The number of nitrogens with zero attached hydrogens (tertiary/aromatic N) is 1. The van der Waals surface area contributed by atoms with E-state index in [4.69, 9.17) is 0 Å². The van der Waals surface area contributed by atoms with E-state index >= 15 is 0 Å². The second kappa shape index (κ2) is 5.66. The molecule has 124 valence electrons. The molecule has 0 spiro atoms. The molecule has 1 amide bonds. The number of nitrogens with one attached hydrogen (secondary N) is 1. The average Bonchev–Trinajstić information content (AvgIpc) is 2.93. The predicted molar refractivity (Wildman–Crippen MR) is 88.9 cm³/mol. The van der Waals surface area contributed by atoms with E-state index in [1.807, 2.05) is 0 Å². The molecule has 0 aromatic carbocycles. The molecule has 0 radical (unpaired) electrons. The van der Waals surface area contributed by atoms with Crippen molar-refractivity contribution in [3.63, 3.8) is 0 Å². The number of carbonyl (C=O) groups is 1. The summed E-state index contributed by atoms with van der Waals surface area (Å²) >= 11 is 0. The molecule has 4 bridgehead atoms. The number of rotatable bonds is 1. The lowest BCUT2D eigenvalue weighted by Crippen LogP contribution is -2.55. The molecule has 6 rings (SSSR count). The Morgan fingerprint density at radius 3 is 2.27 bits per heavy atom. The lowest BCUT2D eigenvalue weighted by atomic mass is 9.51. The van der Waals surface area contributed by atoms with Crippen LogP contribution >= 0.6 is 12.4 Å². The first-order chi connectivity index (χ1) is 10.3. The maximum absolute atomic E-state index is 13.2. The van der Waals surface area contributed by atoms with Crippen molar-refractivity contribution in [3.05, 3.63) is 0 Å². The second-order valence-electron chi connectivity index (χ2n) is 8.64. The Morgan fingerprint density at radius 2 is 1.59 bits per heavy atom. The summed E-state index contributed by atoms with van der Waals surface area (Å²) in [6.45, 7) is 3.21. The highest BCUT2D eigenvalue weighted by atomic mass is 35.5. The van der Waals surface area contributed by atoms with Crippen LogP contribution in [0.25, 0.3) is 0 Å². The first-order valence-electron chi connectivity index (χ1n) is 9.30. The number of carbonyl (C=O) groups excluding carboxylic acids is 1. The number of likely N-dealkylation sites (tertiary alicyclic amines) is 1. The molecule has 22 heavy (non-hydrogen) atoms. The molecule has 4 heteroatoms. The standard InChI is InChI=1S/C18H28N2O.ClH/c21-18(20-4-2-16-13(10-20)1-3-19-16)17-14-6-11-5-12(8-14)9-15(17)7-11;/h11-17,19H,1-10H2;1H. The van der Waals surface area contributed by atoms with E-state index in [0.29, 0.717) is 17.9 Å². The average molecular weight is 325 g/mol. The predicted octanol–water partition coefficient (Wildman–Crippen LogP) is 2.69. The van der Waals surface area contributed by atoms with Gasteiger partial charge in [-0.2, -0.15) is 0 Å². The van der Waals surface area contributed by atoms with Crippen molar-refractivity contribution in [1.82, 2.24) is 10.2 Å². The highest BCUT2D eigenvalue weighted by Gasteiger charge is 2.52. The molecule has 2 heterocycles. The van der Waals surface area contributed by atoms with Gasteiger partial charge in [0.05, 0.1) is 0 Å². The van der Waals surface area contributed by atoms with Gasteiger partial charge in [-0.15, -0.1) is 12.4 Å². The summed E-state index contributed by atoms with van der Waals surface area (Å²) in [5.74, 6) is 5.13. The van der Waals surface area contributed by atoms with Gasteiger partial charge in [0.25, 0.3) is 0 Å². The van der Waals surface area contributed by atoms with E-state index in [2.05, 4.69) is 10.2 Å². The highest BCUT2D eigenvalue weighted by molar-refractivity contribution is 5.85. The number of halogens is 1. The zero-order valence-electron chi connectivity index (χ0n) is 13.4. The Labute approximate surface area is 140 Å². The van der Waals surface area contributed by atoms with Crippen LogP contribution in [0.5, 0.6) is 0 Å². The van der Waals surface area contributed by atoms with Crippen LogP contribution in [0.3, 0.4) is 0 Å². The van der Waals surface area contributed by atoms with Crippen molar-refractivity contribution in [3.8, 4) is 0 Å². The summed E-state index contributed by atoms with van der Waals surface area (Å²) < 4.78 is 0. The summed E-state index contributed by atoms with van der Waals surface area (Å²) in [5, 5.41) is 3.61. The van der Waals surface area contributed by atoms with Crippen LogP contribution in [-0.2, 0) is 4.79 Å². The van der Waals surface area contributed by atoms with Crippen LogP contribution in [0.2, 0.25) is 0 Å². The zero-order chi connectivity index (χ0) is 14.0. The molecule has 2 aliphatic heterocycles. The van der Waals surface area contributed by atoms with E-state index in [1.165, 1.54) is 44.9 Å². The molecule has 2 saturated heterocycles. The van der Waals surface area contributed by atoms with Crippen LogP contribution in [0.1, 0.15) is 44.9 Å². The largest absolute Gasteiger partial charge is 0.342 e. The highest BCUT2D eigenvalue weighted by Crippen LogP contribution is 2.57. The Kier molecular flexibility index (Phi) is 3.93. The second-order valence-corrected chi connectivity index (χ2v) is 8.64. The minimum absolute atomic E-state index is 0. The Bertz CT molecular complexity index is 426. The summed E-state index contributed by atoms with van der Waals surface area (Å²) in [5.41, 5.74) is 0. The summed E-state index contributed by atoms with van der Waals surface area (Å²) in [6, 6.07) is 0.701. The first kappa shape index (κ1) is 15.3.